The van der Waals surface area contributed by atoms with Crippen LogP contribution in [0.25, 0.3) is 79.8 Å². The molecule has 2 aromatic carbocycles. The summed E-state index contributed by atoms with van der Waals surface area (Å²) in [5.41, 5.74) is 21.4. The van der Waals surface area contributed by atoms with Crippen LogP contribution in [0.15, 0.2) is 77.5 Å². The Hall–Kier alpha value is -5.33. The van der Waals surface area contributed by atoms with Crippen LogP contribution < -0.4 is 0 Å². The molecule has 8 rings (SSSR count). The summed E-state index contributed by atoms with van der Waals surface area (Å²) in [5.74, 6) is 0. The normalized spacial score (nSPS) is 12.2. The van der Waals surface area contributed by atoms with Gasteiger partial charge in [0.25, 0.3) is 0 Å². The van der Waals surface area contributed by atoms with Gasteiger partial charge in [0.05, 0.1) is 32.8 Å². The van der Waals surface area contributed by atoms with E-state index in [0.717, 1.165) is 71.6 Å². The molecule has 0 saturated carbocycles. The number of hydrogen-bond donors (Lipinski definition) is 2. The van der Waals surface area contributed by atoms with Crippen molar-refractivity contribution >= 4 is 62.3 Å². The average molecular weight is 703 g/mol. The fourth-order valence-corrected chi connectivity index (χ4v) is 8.12. The molecule has 8 bridgehead atoms. The maximum absolute atomic E-state index is 5.40. The second kappa shape index (κ2) is 12.0. The Labute approximate surface area is 294 Å². The average Bonchev–Trinajstić information content (AvgIpc) is 3.89. The van der Waals surface area contributed by atoms with Crippen molar-refractivity contribution in [2.75, 3.05) is 0 Å². The number of hydrogen-bond acceptors (Lipinski definition) is 3. The number of halogens is 1. The van der Waals surface area contributed by atoms with E-state index in [1.807, 2.05) is 12.4 Å². The fraction of sp³-hybridized carbons (Fsp3) is 0.140. The number of nitrogens with zero attached hydrogens (tertiary/aromatic N) is 3. The lowest BCUT2D eigenvalue weighted by Gasteiger charge is -2.13. The van der Waals surface area contributed by atoms with Crippen LogP contribution in [0.3, 0.4) is 0 Å². The molecule has 0 amide bonds. The third-order valence-corrected chi connectivity index (χ3v) is 10.3. The van der Waals surface area contributed by atoms with E-state index in [9.17, 15) is 0 Å². The topological polar surface area (TPSA) is 70.2 Å². The Kier molecular flexibility index (Phi) is 7.57. The Morgan fingerprint density at radius 1 is 0.449 bits per heavy atom. The van der Waals surface area contributed by atoms with Crippen LogP contribution in [0.4, 0.5) is 0 Å². The molecule has 0 aliphatic carbocycles. The zero-order chi connectivity index (χ0) is 34.0. The zero-order valence-electron chi connectivity index (χ0n) is 28.5. The van der Waals surface area contributed by atoms with Gasteiger partial charge in [0, 0.05) is 45.6 Å². The van der Waals surface area contributed by atoms with Gasteiger partial charge in [0.2, 0.25) is 0 Å². The van der Waals surface area contributed by atoms with Crippen molar-refractivity contribution in [2.45, 2.75) is 41.5 Å². The number of aromatic nitrogens is 5. The van der Waals surface area contributed by atoms with Crippen LogP contribution >= 0.6 is 15.9 Å². The molecule has 0 atom stereocenters. The van der Waals surface area contributed by atoms with E-state index in [2.05, 4.69) is 157 Å². The molecule has 240 valence electrons. The second-order valence-corrected chi connectivity index (χ2v) is 14.0. The van der Waals surface area contributed by atoms with E-state index in [0.29, 0.717) is 0 Å². The number of nitrogens with one attached hydrogen (secondary N) is 2. The molecular weight excluding hydrogens is 666 g/mol. The number of benzene rings is 2. The molecule has 2 aliphatic heterocycles. The van der Waals surface area contributed by atoms with Crippen LogP contribution in [0, 0.1) is 41.5 Å². The lowest BCUT2D eigenvalue weighted by molar-refractivity contribution is 1.27. The molecule has 6 heterocycles. The molecule has 6 aromatic rings. The van der Waals surface area contributed by atoms with Crippen LogP contribution in [0.1, 0.15) is 56.2 Å². The van der Waals surface area contributed by atoms with Crippen LogP contribution in [-0.2, 0) is 0 Å². The van der Waals surface area contributed by atoms with Gasteiger partial charge >= 0.3 is 0 Å². The fourth-order valence-electron chi connectivity index (χ4n) is 7.67. The first-order valence-electron chi connectivity index (χ1n) is 16.5. The molecule has 0 radical (unpaired) electrons. The largest absolute Gasteiger partial charge is 0.354 e. The highest BCUT2D eigenvalue weighted by molar-refractivity contribution is 9.10. The Bertz CT molecular complexity index is 2460. The predicted octanol–water partition coefficient (Wildman–Crippen LogP) is 11.7. The van der Waals surface area contributed by atoms with Gasteiger partial charge in [0.15, 0.2) is 0 Å². The lowest BCUT2D eigenvalue weighted by atomic mass is 9.92. The predicted molar refractivity (Wildman–Crippen MR) is 209 cm³/mol. The third-order valence-electron chi connectivity index (χ3n) is 9.51. The molecular formula is C43H36BrN5. The summed E-state index contributed by atoms with van der Waals surface area (Å²) in [4.78, 5) is 22.6. The summed E-state index contributed by atoms with van der Waals surface area (Å²) in [7, 11) is 0. The first-order valence-corrected chi connectivity index (χ1v) is 17.3. The van der Waals surface area contributed by atoms with Crippen molar-refractivity contribution in [2.24, 2.45) is 0 Å². The van der Waals surface area contributed by atoms with Gasteiger partial charge in [-0.15, -0.1) is 0 Å². The van der Waals surface area contributed by atoms with Crippen molar-refractivity contribution in [1.82, 2.24) is 24.9 Å². The quantitative estimate of drug-likeness (QED) is 0.193. The Morgan fingerprint density at radius 3 is 1.35 bits per heavy atom. The maximum atomic E-state index is 5.40. The standard InChI is InChI=1S/C43H36BrN5/c1-23-19-25(3)38(26(4)20-23)41-32-9-7-30(46-32)40(29-15-17-45-18-16-29)31-8-10-33(47-31)42(39-27(5)21-24(2)22-28(39)6)35-12-14-37(49-35)43(44)36-13-11-34(41)48-36/h7-22,46,49H,1-6H3. The summed E-state index contributed by atoms with van der Waals surface area (Å²) < 4.78 is 0.905. The molecule has 49 heavy (non-hydrogen) atoms. The third kappa shape index (κ3) is 5.37. The van der Waals surface area contributed by atoms with Gasteiger partial charge in [-0.1, -0.05) is 35.4 Å². The van der Waals surface area contributed by atoms with E-state index in [1.54, 1.807) is 0 Å². The molecule has 2 aliphatic rings. The molecule has 2 N–H and O–H groups in total. The van der Waals surface area contributed by atoms with Gasteiger partial charge in [0.1, 0.15) is 0 Å². The van der Waals surface area contributed by atoms with E-state index in [4.69, 9.17) is 9.97 Å². The van der Waals surface area contributed by atoms with Gasteiger partial charge in [-0.2, -0.15) is 0 Å². The number of fused-ring (bicyclic) bond motifs is 8. The molecule has 5 nitrogen and oxygen atoms in total. The van der Waals surface area contributed by atoms with E-state index < -0.39 is 0 Å². The number of aromatic amines is 2. The van der Waals surface area contributed by atoms with Crippen molar-refractivity contribution < 1.29 is 0 Å². The van der Waals surface area contributed by atoms with Crippen molar-refractivity contribution in [3.63, 3.8) is 0 Å². The number of rotatable bonds is 3. The first kappa shape index (κ1) is 31.0. The van der Waals surface area contributed by atoms with Crippen molar-refractivity contribution in [3.05, 3.63) is 134 Å². The number of H-pyrrole nitrogens is 2. The number of aryl methyl sites for hydroxylation is 6. The monoisotopic (exact) mass is 701 g/mol. The highest BCUT2D eigenvalue weighted by Crippen LogP contribution is 2.40. The van der Waals surface area contributed by atoms with E-state index in [1.165, 1.54) is 44.5 Å². The van der Waals surface area contributed by atoms with Crippen LogP contribution in [-0.4, -0.2) is 24.9 Å². The van der Waals surface area contributed by atoms with Crippen LogP contribution in [0.5, 0.6) is 0 Å². The highest BCUT2D eigenvalue weighted by Gasteiger charge is 2.20. The summed E-state index contributed by atoms with van der Waals surface area (Å²) in [6, 6.07) is 21.7. The smallest absolute Gasteiger partial charge is 0.0801 e. The summed E-state index contributed by atoms with van der Waals surface area (Å²) in [5, 5.41) is 0. The molecule has 6 heteroatoms. The molecule has 0 fully saturated rings. The number of pyridine rings is 1. The summed E-state index contributed by atoms with van der Waals surface area (Å²) >= 11 is 3.93. The van der Waals surface area contributed by atoms with Gasteiger partial charge < -0.3 is 9.97 Å². The zero-order valence-corrected chi connectivity index (χ0v) is 30.0. The summed E-state index contributed by atoms with van der Waals surface area (Å²) in [6.07, 6.45) is 12.2. The highest BCUT2D eigenvalue weighted by atomic mass is 79.9. The van der Waals surface area contributed by atoms with Gasteiger partial charge in [-0.25, -0.2) is 9.97 Å². The first-order chi connectivity index (χ1) is 23.7. The molecule has 0 saturated heterocycles. The minimum Gasteiger partial charge on any atom is -0.354 e. The Morgan fingerprint density at radius 2 is 0.837 bits per heavy atom. The van der Waals surface area contributed by atoms with Crippen molar-refractivity contribution in [1.29, 1.82) is 0 Å². The minimum atomic E-state index is 0.865. The molecule has 4 aromatic heterocycles. The van der Waals surface area contributed by atoms with Gasteiger partial charge in [-0.05, 0) is 157 Å². The van der Waals surface area contributed by atoms with E-state index >= 15 is 0 Å². The summed E-state index contributed by atoms with van der Waals surface area (Å²) in [6.45, 7) is 13.1. The van der Waals surface area contributed by atoms with E-state index in [-0.39, 0.29) is 0 Å². The van der Waals surface area contributed by atoms with Gasteiger partial charge in [-0.3, -0.25) is 4.98 Å². The second-order valence-electron chi connectivity index (χ2n) is 13.2. The molecule has 0 spiro atoms. The Balaban J connectivity index is 1.58. The van der Waals surface area contributed by atoms with Crippen molar-refractivity contribution in [3.8, 4) is 33.4 Å². The minimum absolute atomic E-state index is 0.865. The molecule has 0 unspecified atom stereocenters. The maximum Gasteiger partial charge on any atom is 0.0801 e. The SMILES string of the molecule is Cc1cc(C)c(-c2c3nc(c(-c4ccncc4)c4ccc([nH]4)c(-c4c(C)cc(C)cc4C)c4nc(c(Br)c5ccc2[nH]5)C=C4)C=C3)c(C)c1. The van der Waals surface area contributed by atoms with Crippen LogP contribution in [0.2, 0.25) is 0 Å². The lowest BCUT2D eigenvalue weighted by Crippen LogP contribution is -1.94.